The summed E-state index contributed by atoms with van der Waals surface area (Å²) >= 11 is 0. The molecule has 0 saturated heterocycles. The Labute approximate surface area is 103 Å². The predicted molar refractivity (Wildman–Crippen MR) is 58.5 cm³/mol. The van der Waals surface area contributed by atoms with Crippen LogP contribution in [-0.4, -0.2) is 32.0 Å². The van der Waals surface area contributed by atoms with Gasteiger partial charge in [0.2, 0.25) is 0 Å². The lowest BCUT2D eigenvalue weighted by atomic mass is 9.96. The number of hydrogen-bond donors (Lipinski definition) is 1. The molecule has 2 rings (SSSR count). The maximum atomic E-state index is 13.5. The molecule has 1 aromatic rings. The van der Waals surface area contributed by atoms with Crippen molar-refractivity contribution in [2.45, 2.75) is 50.5 Å². The predicted octanol–water partition coefficient (Wildman–Crippen LogP) is 1.78. The lowest BCUT2D eigenvalue weighted by molar-refractivity contribution is -0.146. The molecule has 1 heterocycles. The third-order valence-corrected chi connectivity index (χ3v) is 3.67. The number of carboxylic acids is 1. The van der Waals surface area contributed by atoms with E-state index in [9.17, 15) is 13.6 Å². The minimum Gasteiger partial charge on any atom is -0.479 e. The van der Waals surface area contributed by atoms with Crippen molar-refractivity contribution in [3.8, 4) is 0 Å². The van der Waals surface area contributed by atoms with Gasteiger partial charge >= 0.3 is 5.97 Å². The van der Waals surface area contributed by atoms with E-state index in [2.05, 4.69) is 10.3 Å². The van der Waals surface area contributed by atoms with Gasteiger partial charge in [0.15, 0.2) is 5.54 Å². The van der Waals surface area contributed by atoms with Gasteiger partial charge in [-0.2, -0.15) is 0 Å². The van der Waals surface area contributed by atoms with Crippen LogP contribution in [0.15, 0.2) is 6.20 Å². The van der Waals surface area contributed by atoms with Gasteiger partial charge in [-0.3, -0.25) is 0 Å². The third-order valence-electron chi connectivity index (χ3n) is 3.67. The molecule has 0 bridgehead atoms. The summed E-state index contributed by atoms with van der Waals surface area (Å²) in [4.78, 5) is 11.1. The van der Waals surface area contributed by atoms with Gasteiger partial charge in [-0.15, -0.1) is 5.10 Å². The Hall–Kier alpha value is -1.53. The third kappa shape index (κ3) is 1.69. The van der Waals surface area contributed by atoms with Gasteiger partial charge in [-0.25, -0.2) is 18.3 Å². The molecule has 5 nitrogen and oxygen atoms in total. The lowest BCUT2D eigenvalue weighted by Gasteiger charge is -2.21. The highest BCUT2D eigenvalue weighted by molar-refractivity contribution is 5.75. The number of carboxylic acid groups (broad SMARTS) is 1. The SMILES string of the molecule is CC(C)(C(=O)O)n1cc(C2(C(C)(F)F)CC2)nn1. The molecule has 100 valence electrons. The second-order valence-electron chi connectivity index (χ2n) is 5.38. The largest absolute Gasteiger partial charge is 0.479 e. The van der Waals surface area contributed by atoms with Gasteiger partial charge in [0.05, 0.1) is 17.3 Å². The van der Waals surface area contributed by atoms with Crippen molar-refractivity contribution in [1.29, 1.82) is 0 Å². The summed E-state index contributed by atoms with van der Waals surface area (Å²) in [6.07, 6.45) is 2.02. The quantitative estimate of drug-likeness (QED) is 0.895. The van der Waals surface area contributed by atoms with Crippen LogP contribution < -0.4 is 0 Å². The van der Waals surface area contributed by atoms with Crippen LogP contribution in [0, 0.1) is 0 Å². The summed E-state index contributed by atoms with van der Waals surface area (Å²) in [6, 6.07) is 0. The molecule has 0 radical (unpaired) electrons. The molecular weight excluding hydrogens is 244 g/mol. The summed E-state index contributed by atoms with van der Waals surface area (Å²) in [5.74, 6) is -3.96. The average molecular weight is 259 g/mol. The van der Waals surface area contributed by atoms with Gasteiger partial charge in [-0.05, 0) is 26.7 Å². The number of aliphatic carboxylic acids is 1. The van der Waals surface area contributed by atoms with Crippen LogP contribution in [0.25, 0.3) is 0 Å². The number of hydrogen-bond acceptors (Lipinski definition) is 3. The van der Waals surface area contributed by atoms with E-state index >= 15 is 0 Å². The van der Waals surface area contributed by atoms with Gasteiger partial charge < -0.3 is 5.11 Å². The fraction of sp³-hybridized carbons (Fsp3) is 0.727. The normalized spacial score (nSPS) is 18.7. The van der Waals surface area contributed by atoms with Crippen LogP contribution in [0.4, 0.5) is 8.78 Å². The molecule has 1 fully saturated rings. The second kappa shape index (κ2) is 3.49. The Morgan fingerprint density at radius 1 is 1.44 bits per heavy atom. The molecule has 0 spiro atoms. The molecule has 0 unspecified atom stereocenters. The van der Waals surface area contributed by atoms with Crippen molar-refractivity contribution in [2.24, 2.45) is 0 Å². The van der Waals surface area contributed by atoms with Gasteiger partial charge in [0.1, 0.15) is 0 Å². The first-order valence-corrected chi connectivity index (χ1v) is 5.66. The Bertz CT molecular complexity index is 487. The molecular formula is C11H15F2N3O2. The van der Waals surface area contributed by atoms with Gasteiger partial charge in [0, 0.05) is 6.92 Å². The zero-order chi connectivity index (χ0) is 13.8. The van der Waals surface area contributed by atoms with Crippen LogP contribution in [0.3, 0.4) is 0 Å². The highest BCUT2D eigenvalue weighted by Crippen LogP contribution is 2.57. The van der Waals surface area contributed by atoms with Gasteiger partial charge in [-0.1, -0.05) is 5.21 Å². The Morgan fingerprint density at radius 3 is 2.39 bits per heavy atom. The Kier molecular flexibility index (Phi) is 2.50. The summed E-state index contributed by atoms with van der Waals surface area (Å²) in [5, 5.41) is 16.5. The monoisotopic (exact) mass is 259 g/mol. The van der Waals surface area contributed by atoms with E-state index in [4.69, 9.17) is 5.11 Å². The van der Waals surface area contributed by atoms with Gasteiger partial charge in [0.25, 0.3) is 5.92 Å². The zero-order valence-corrected chi connectivity index (χ0v) is 10.4. The Balaban J connectivity index is 2.36. The van der Waals surface area contributed by atoms with Crippen molar-refractivity contribution < 1.29 is 18.7 Å². The summed E-state index contributed by atoms with van der Waals surface area (Å²) in [7, 11) is 0. The molecule has 0 atom stereocenters. The fourth-order valence-electron chi connectivity index (χ4n) is 1.90. The number of halogens is 2. The van der Waals surface area contributed by atoms with Crippen LogP contribution in [0.2, 0.25) is 0 Å². The van der Waals surface area contributed by atoms with E-state index in [0.717, 1.165) is 11.6 Å². The number of alkyl halides is 2. The molecule has 1 aromatic heterocycles. The topological polar surface area (TPSA) is 68.0 Å². The molecule has 0 aliphatic heterocycles. The zero-order valence-electron chi connectivity index (χ0n) is 10.4. The van der Waals surface area contributed by atoms with E-state index in [1.54, 1.807) is 0 Å². The maximum Gasteiger partial charge on any atom is 0.331 e. The standard InChI is InChI=1S/C11H15F2N3O2/c1-9(2,8(17)18)16-6-7(14-15-16)11(4-5-11)10(3,12)13/h6H,4-5H2,1-3H3,(H,17,18). The van der Waals surface area contributed by atoms with Crippen LogP contribution in [-0.2, 0) is 15.7 Å². The average Bonchev–Trinajstić information content (AvgIpc) is 2.89. The van der Waals surface area contributed by atoms with Crippen molar-refractivity contribution in [2.75, 3.05) is 0 Å². The maximum absolute atomic E-state index is 13.5. The molecule has 1 saturated carbocycles. The molecule has 0 aromatic carbocycles. The molecule has 1 aliphatic rings. The highest BCUT2D eigenvalue weighted by Gasteiger charge is 2.62. The second-order valence-corrected chi connectivity index (χ2v) is 5.38. The van der Waals surface area contributed by atoms with Crippen LogP contribution in [0.5, 0.6) is 0 Å². The highest BCUT2D eigenvalue weighted by atomic mass is 19.3. The van der Waals surface area contributed by atoms with Crippen LogP contribution in [0.1, 0.15) is 39.3 Å². The summed E-state index contributed by atoms with van der Waals surface area (Å²) in [5.41, 5.74) is -2.39. The minimum absolute atomic E-state index is 0.171. The fourth-order valence-corrected chi connectivity index (χ4v) is 1.90. The molecule has 1 aliphatic carbocycles. The first-order valence-electron chi connectivity index (χ1n) is 5.66. The number of carbonyl (C=O) groups is 1. The van der Waals surface area contributed by atoms with E-state index in [-0.39, 0.29) is 5.69 Å². The summed E-state index contributed by atoms with van der Waals surface area (Å²) < 4.78 is 28.2. The van der Waals surface area contributed by atoms with Crippen molar-refractivity contribution in [3.63, 3.8) is 0 Å². The lowest BCUT2D eigenvalue weighted by Crippen LogP contribution is -2.36. The smallest absolute Gasteiger partial charge is 0.331 e. The first-order chi connectivity index (χ1) is 8.11. The van der Waals surface area contributed by atoms with Crippen molar-refractivity contribution in [1.82, 2.24) is 15.0 Å². The van der Waals surface area contributed by atoms with Crippen molar-refractivity contribution >= 4 is 5.97 Å². The molecule has 0 amide bonds. The van der Waals surface area contributed by atoms with E-state index in [1.807, 2.05) is 0 Å². The minimum atomic E-state index is -2.87. The number of nitrogens with zero attached hydrogens (tertiary/aromatic N) is 3. The van der Waals surface area contributed by atoms with Crippen molar-refractivity contribution in [3.05, 3.63) is 11.9 Å². The summed E-state index contributed by atoms with van der Waals surface area (Å²) in [6.45, 7) is 3.75. The molecule has 18 heavy (non-hydrogen) atoms. The van der Waals surface area contributed by atoms with Crippen LogP contribution >= 0.6 is 0 Å². The molecule has 1 N–H and O–H groups in total. The molecule has 7 heteroatoms. The Morgan fingerprint density at radius 2 is 2.00 bits per heavy atom. The first kappa shape index (κ1) is 12.9. The van der Waals surface area contributed by atoms with E-state index in [1.165, 1.54) is 20.0 Å². The van der Waals surface area contributed by atoms with E-state index < -0.39 is 22.8 Å². The number of rotatable bonds is 4. The number of aromatic nitrogens is 3. The van der Waals surface area contributed by atoms with E-state index in [0.29, 0.717) is 12.8 Å².